The second-order valence-electron chi connectivity index (χ2n) is 6.95. The Kier molecular flexibility index (Phi) is 5.44. The minimum atomic E-state index is -0.526. The van der Waals surface area contributed by atoms with Crippen LogP contribution in [0.25, 0.3) is 10.9 Å². The molecule has 1 fully saturated rings. The van der Waals surface area contributed by atoms with Gasteiger partial charge in [-0.05, 0) is 49.2 Å². The van der Waals surface area contributed by atoms with Crippen LogP contribution in [0.15, 0.2) is 41.4 Å². The Hall–Kier alpha value is -3.00. The summed E-state index contributed by atoms with van der Waals surface area (Å²) in [4.78, 5) is 17.0. The number of hydrogen-bond acceptors (Lipinski definition) is 3. The summed E-state index contributed by atoms with van der Waals surface area (Å²) in [6.45, 7) is 0. The highest BCUT2D eigenvalue weighted by Gasteiger charge is 2.24. The van der Waals surface area contributed by atoms with E-state index in [0.717, 1.165) is 25.7 Å². The van der Waals surface area contributed by atoms with Crippen LogP contribution in [0.3, 0.4) is 0 Å². The van der Waals surface area contributed by atoms with E-state index in [1.54, 1.807) is 6.07 Å². The summed E-state index contributed by atoms with van der Waals surface area (Å²) in [7, 11) is 0. The highest BCUT2D eigenvalue weighted by atomic mass is 35.5. The number of rotatable bonds is 3. The van der Waals surface area contributed by atoms with Gasteiger partial charge in [0.15, 0.2) is 5.82 Å². The Morgan fingerprint density at radius 1 is 1.14 bits per heavy atom. The molecule has 1 aliphatic carbocycles. The molecule has 4 rings (SSSR count). The number of aliphatic imine (C=N–C) groups is 1. The average molecular weight is 418 g/mol. The number of carbonyl (C=O) groups excluding carboxylic acids is 1. The van der Waals surface area contributed by atoms with Crippen LogP contribution in [0, 0.1) is 17.6 Å². The highest BCUT2D eigenvalue weighted by Crippen LogP contribution is 2.26. The van der Waals surface area contributed by atoms with Crippen molar-refractivity contribution in [3.8, 4) is 0 Å². The second-order valence-corrected chi connectivity index (χ2v) is 7.39. The van der Waals surface area contributed by atoms with Crippen molar-refractivity contribution >= 4 is 45.9 Å². The lowest BCUT2D eigenvalue weighted by Crippen LogP contribution is -2.39. The number of nitrogens with zero attached hydrogens (tertiary/aromatic N) is 2. The average Bonchev–Trinajstić information content (AvgIpc) is 3.31. The molecule has 0 bridgehead atoms. The van der Waals surface area contributed by atoms with Gasteiger partial charge in [0.25, 0.3) is 0 Å². The first kappa shape index (κ1) is 19.3. The number of carbonyl (C=O) groups is 1. The van der Waals surface area contributed by atoms with Crippen LogP contribution in [-0.4, -0.2) is 22.1 Å². The molecule has 0 aliphatic heterocycles. The molecular formula is C20H18ClF2N5O. The van der Waals surface area contributed by atoms with Crippen molar-refractivity contribution in [1.29, 1.82) is 0 Å². The predicted octanol–water partition coefficient (Wildman–Crippen LogP) is 4.90. The molecule has 29 heavy (non-hydrogen) atoms. The molecular weight excluding hydrogens is 400 g/mol. The van der Waals surface area contributed by atoms with Crippen LogP contribution in [-0.2, 0) is 4.79 Å². The van der Waals surface area contributed by atoms with Crippen molar-refractivity contribution in [3.05, 3.63) is 53.1 Å². The van der Waals surface area contributed by atoms with Crippen molar-refractivity contribution in [3.63, 3.8) is 0 Å². The monoisotopic (exact) mass is 417 g/mol. The largest absolute Gasteiger partial charge is 0.325 e. The topological polar surface area (TPSA) is 82.2 Å². The lowest BCUT2D eigenvalue weighted by atomic mass is 10.1. The Morgan fingerprint density at radius 2 is 1.93 bits per heavy atom. The first-order chi connectivity index (χ1) is 14.0. The molecule has 6 nitrogen and oxygen atoms in total. The molecule has 9 heteroatoms. The summed E-state index contributed by atoms with van der Waals surface area (Å²) in [5.74, 6) is -0.843. The van der Waals surface area contributed by atoms with E-state index >= 15 is 0 Å². The van der Waals surface area contributed by atoms with Crippen molar-refractivity contribution in [2.75, 3.05) is 5.32 Å². The van der Waals surface area contributed by atoms with Crippen molar-refractivity contribution in [2.45, 2.75) is 25.7 Å². The van der Waals surface area contributed by atoms with Crippen LogP contribution in [0.4, 0.5) is 20.3 Å². The maximum atomic E-state index is 13.7. The van der Waals surface area contributed by atoms with Gasteiger partial charge in [-0.2, -0.15) is 10.1 Å². The third-order valence-electron chi connectivity index (χ3n) is 4.82. The van der Waals surface area contributed by atoms with Crippen LogP contribution in [0.5, 0.6) is 0 Å². The number of aromatic nitrogens is 2. The number of fused-ring (bicyclic) bond motifs is 1. The van der Waals surface area contributed by atoms with E-state index < -0.39 is 11.6 Å². The molecule has 150 valence electrons. The number of aromatic amines is 1. The summed E-state index contributed by atoms with van der Waals surface area (Å²) in [6, 6.07) is 8.07. The molecule has 0 saturated heterocycles. The molecule has 1 aromatic heterocycles. The fourth-order valence-electron chi connectivity index (χ4n) is 3.43. The summed E-state index contributed by atoms with van der Waals surface area (Å²) in [5.41, 5.74) is 0.797. The molecule has 1 amide bonds. The number of amides is 1. The SMILES string of the molecule is O=C(NC(=Nc1n[nH]c2cc(F)ccc12)Nc1cc(F)cc(Cl)c1)C1CCCC1. The molecule has 0 unspecified atom stereocenters. The van der Waals surface area contributed by atoms with Gasteiger partial charge in [-0.15, -0.1) is 0 Å². The highest BCUT2D eigenvalue weighted by molar-refractivity contribution is 6.31. The van der Waals surface area contributed by atoms with Gasteiger partial charge in [0.05, 0.1) is 5.52 Å². The summed E-state index contributed by atoms with van der Waals surface area (Å²) < 4.78 is 27.1. The first-order valence-electron chi connectivity index (χ1n) is 9.24. The zero-order valence-corrected chi connectivity index (χ0v) is 16.1. The van der Waals surface area contributed by atoms with Crippen molar-refractivity contribution in [1.82, 2.24) is 15.5 Å². The van der Waals surface area contributed by atoms with E-state index in [1.807, 2.05) is 0 Å². The zero-order chi connectivity index (χ0) is 20.4. The Labute approximate surface area is 170 Å². The van der Waals surface area contributed by atoms with Gasteiger partial charge < -0.3 is 5.32 Å². The third kappa shape index (κ3) is 4.54. The molecule has 1 aliphatic rings. The number of nitrogens with one attached hydrogen (secondary N) is 3. The van der Waals surface area contributed by atoms with Gasteiger partial charge in [0.1, 0.15) is 11.6 Å². The molecule has 3 aromatic rings. The maximum absolute atomic E-state index is 13.7. The molecule has 0 radical (unpaired) electrons. The fraction of sp³-hybridized carbons (Fsp3) is 0.250. The second kappa shape index (κ2) is 8.16. The van der Waals surface area contributed by atoms with Gasteiger partial charge in [0, 0.05) is 22.0 Å². The predicted molar refractivity (Wildman–Crippen MR) is 108 cm³/mol. The Morgan fingerprint density at radius 3 is 2.69 bits per heavy atom. The van der Waals surface area contributed by atoms with Crippen LogP contribution < -0.4 is 10.6 Å². The van der Waals surface area contributed by atoms with E-state index in [-0.39, 0.29) is 28.6 Å². The normalized spacial score (nSPS) is 15.1. The van der Waals surface area contributed by atoms with Crippen molar-refractivity contribution in [2.24, 2.45) is 10.9 Å². The van der Waals surface area contributed by atoms with Gasteiger partial charge in [-0.1, -0.05) is 24.4 Å². The Balaban J connectivity index is 1.67. The van der Waals surface area contributed by atoms with E-state index in [2.05, 4.69) is 25.8 Å². The first-order valence-corrected chi connectivity index (χ1v) is 9.62. The molecule has 0 spiro atoms. The minimum Gasteiger partial charge on any atom is -0.325 e. The summed E-state index contributed by atoms with van der Waals surface area (Å²) >= 11 is 5.92. The molecule has 1 saturated carbocycles. The fourth-order valence-corrected chi connectivity index (χ4v) is 3.65. The molecule has 0 atom stereocenters. The number of benzene rings is 2. The van der Waals surface area contributed by atoms with E-state index in [4.69, 9.17) is 11.6 Å². The lowest BCUT2D eigenvalue weighted by Gasteiger charge is -2.14. The van der Waals surface area contributed by atoms with Crippen LogP contribution in [0.2, 0.25) is 5.02 Å². The van der Waals surface area contributed by atoms with E-state index in [9.17, 15) is 13.6 Å². The maximum Gasteiger partial charge on any atom is 0.229 e. The van der Waals surface area contributed by atoms with Gasteiger partial charge in [-0.25, -0.2) is 8.78 Å². The smallest absolute Gasteiger partial charge is 0.229 e. The van der Waals surface area contributed by atoms with E-state index in [0.29, 0.717) is 16.6 Å². The zero-order valence-electron chi connectivity index (χ0n) is 15.3. The number of guanidine groups is 1. The van der Waals surface area contributed by atoms with Crippen molar-refractivity contribution < 1.29 is 13.6 Å². The molecule has 3 N–H and O–H groups in total. The third-order valence-corrected chi connectivity index (χ3v) is 5.03. The quantitative estimate of drug-likeness (QED) is 0.418. The minimum absolute atomic E-state index is 0.0845. The molecule has 1 heterocycles. The van der Waals surface area contributed by atoms with Gasteiger partial charge in [0.2, 0.25) is 11.9 Å². The lowest BCUT2D eigenvalue weighted by molar-refractivity contribution is -0.123. The standard InChI is InChI=1S/C20H18ClF2N5O/c21-12-7-14(23)9-15(8-12)24-20(26-19(29)11-3-1-2-4-11)25-18-16-6-5-13(22)10-17(16)27-28-18/h5-11H,1-4H2,(H3,24,25,26,27,28,29). The summed E-state index contributed by atoms with van der Waals surface area (Å²) in [5, 5.41) is 13.2. The number of H-pyrrole nitrogens is 1. The number of anilines is 1. The number of halogens is 3. The summed E-state index contributed by atoms with van der Waals surface area (Å²) in [6.07, 6.45) is 3.64. The van der Waals surface area contributed by atoms with Crippen LogP contribution in [0.1, 0.15) is 25.7 Å². The Bertz CT molecular complexity index is 1070. The number of hydrogen-bond donors (Lipinski definition) is 3. The van der Waals surface area contributed by atoms with Crippen LogP contribution >= 0.6 is 11.6 Å². The van der Waals surface area contributed by atoms with E-state index in [1.165, 1.54) is 30.3 Å². The van der Waals surface area contributed by atoms with Gasteiger partial charge in [-0.3, -0.25) is 15.2 Å². The van der Waals surface area contributed by atoms with Gasteiger partial charge >= 0.3 is 0 Å². The molecule has 2 aromatic carbocycles.